The molecule has 2 amide bonds. The molecule has 0 bridgehead atoms. The Morgan fingerprint density at radius 2 is 1.89 bits per heavy atom. The van der Waals surface area contributed by atoms with Gasteiger partial charge >= 0.3 is 0 Å². The van der Waals surface area contributed by atoms with Gasteiger partial charge < -0.3 is 15.5 Å². The predicted octanol–water partition coefficient (Wildman–Crippen LogP) is 3.01. The zero-order valence-electron chi connectivity index (χ0n) is 20.1. The zero-order valence-corrected chi connectivity index (χ0v) is 20.9. The summed E-state index contributed by atoms with van der Waals surface area (Å²) in [6.45, 7) is 2.15. The second-order valence-electron chi connectivity index (χ2n) is 8.73. The number of hydrogen-bond acceptors (Lipinski definition) is 6. The van der Waals surface area contributed by atoms with Crippen LogP contribution in [0.25, 0.3) is 22.2 Å². The normalized spacial score (nSPS) is 16.1. The number of para-hydroxylation sites is 1. The summed E-state index contributed by atoms with van der Waals surface area (Å²) >= 11 is 0. The summed E-state index contributed by atoms with van der Waals surface area (Å²) in [5.74, 6) is 0.289. The topological polar surface area (TPSA) is 116 Å². The van der Waals surface area contributed by atoms with E-state index in [2.05, 4.69) is 31.3 Å². The van der Waals surface area contributed by atoms with E-state index in [1.54, 1.807) is 18.9 Å². The quantitative estimate of drug-likeness (QED) is 0.371. The van der Waals surface area contributed by atoms with Crippen molar-refractivity contribution >= 4 is 40.7 Å². The van der Waals surface area contributed by atoms with E-state index >= 15 is 0 Å². The zero-order chi connectivity index (χ0) is 24.4. The van der Waals surface area contributed by atoms with Crippen molar-refractivity contribution in [3.63, 3.8) is 0 Å². The van der Waals surface area contributed by atoms with Crippen LogP contribution in [-0.4, -0.2) is 51.6 Å². The molecule has 9 nitrogen and oxygen atoms in total. The van der Waals surface area contributed by atoms with Crippen LogP contribution in [-0.2, 0) is 22.6 Å². The lowest BCUT2D eigenvalue weighted by atomic mass is 9.99. The van der Waals surface area contributed by atoms with Crippen LogP contribution in [0, 0.1) is 0 Å². The Kier molecular flexibility index (Phi) is 7.61. The number of rotatable bonds is 6. The lowest BCUT2D eigenvalue weighted by molar-refractivity contribution is -0.128. The Balaban J connectivity index is 0.00000304. The van der Waals surface area contributed by atoms with Crippen LogP contribution in [0.4, 0.5) is 5.69 Å². The highest BCUT2D eigenvalue weighted by Gasteiger charge is 2.32. The number of aryl methyl sites for hydroxylation is 1. The third-order valence-electron chi connectivity index (χ3n) is 6.63. The lowest BCUT2D eigenvalue weighted by Gasteiger charge is -2.27. The molecule has 10 heteroatoms. The molecule has 1 aliphatic heterocycles. The number of benzene rings is 3. The summed E-state index contributed by atoms with van der Waals surface area (Å²) in [6.07, 6.45) is 1.25. The minimum absolute atomic E-state index is 0. The number of anilines is 1. The Morgan fingerprint density at radius 3 is 2.67 bits per heavy atom. The Hall–Kier alpha value is -3.82. The molecule has 1 aliphatic rings. The predicted molar refractivity (Wildman–Crippen MR) is 141 cm³/mol. The van der Waals surface area contributed by atoms with Crippen molar-refractivity contribution in [3.8, 4) is 11.4 Å². The number of fused-ring (bicyclic) bond motifs is 2. The van der Waals surface area contributed by atoms with Crippen molar-refractivity contribution < 1.29 is 9.59 Å². The maximum absolute atomic E-state index is 13.8. The average Bonchev–Trinajstić information content (AvgIpc) is 3.39. The molecular weight excluding hydrogens is 478 g/mol. The van der Waals surface area contributed by atoms with E-state index in [4.69, 9.17) is 0 Å². The van der Waals surface area contributed by atoms with Gasteiger partial charge in [-0.1, -0.05) is 54.6 Å². The highest BCUT2D eigenvalue weighted by molar-refractivity contribution is 6.02. The molecule has 2 atom stereocenters. The first-order chi connectivity index (χ1) is 17.1. The molecule has 0 fully saturated rings. The number of amides is 2. The minimum atomic E-state index is -0.600. The van der Waals surface area contributed by atoms with E-state index in [1.807, 2.05) is 60.7 Å². The molecule has 4 aromatic rings. The molecule has 1 aromatic heterocycles. The summed E-state index contributed by atoms with van der Waals surface area (Å²) in [5.41, 5.74) is 3.86. The van der Waals surface area contributed by atoms with E-state index in [9.17, 15) is 9.59 Å². The second kappa shape index (κ2) is 10.8. The summed E-state index contributed by atoms with van der Waals surface area (Å²) in [7, 11) is 1.73. The number of carbonyl (C=O) groups is 2. The maximum atomic E-state index is 13.8. The molecule has 0 saturated carbocycles. The van der Waals surface area contributed by atoms with Crippen LogP contribution in [0.15, 0.2) is 60.7 Å². The monoisotopic (exact) mass is 505 g/mol. The first kappa shape index (κ1) is 25.3. The molecule has 3 N–H and O–H groups in total. The number of aromatic amines is 1. The fourth-order valence-corrected chi connectivity index (χ4v) is 4.60. The molecule has 0 radical (unpaired) electrons. The SMILES string of the molecule is CN[C@@H](C)C(=O)NC1CCc2ccccc2N(Cc2cccc3c(-c4nnn[nH]4)cccc23)C1=O.Cl. The van der Waals surface area contributed by atoms with Crippen LogP contribution >= 0.6 is 12.4 Å². The number of likely N-dealkylation sites (N-methyl/N-ethyl adjacent to an activating group) is 1. The van der Waals surface area contributed by atoms with Gasteiger partial charge in [-0.2, -0.15) is 0 Å². The number of carbonyl (C=O) groups excluding carboxylic acids is 2. The summed E-state index contributed by atoms with van der Waals surface area (Å²) in [6, 6.07) is 19.0. The molecule has 2 heterocycles. The number of nitrogens with zero attached hydrogens (tertiary/aromatic N) is 4. The van der Waals surface area contributed by atoms with E-state index in [0.29, 0.717) is 25.2 Å². The maximum Gasteiger partial charge on any atom is 0.249 e. The highest BCUT2D eigenvalue weighted by Crippen LogP contribution is 2.32. The first-order valence-electron chi connectivity index (χ1n) is 11.7. The number of nitrogens with one attached hydrogen (secondary N) is 3. The van der Waals surface area contributed by atoms with Crippen molar-refractivity contribution in [1.29, 1.82) is 0 Å². The number of halogens is 1. The molecule has 5 rings (SSSR count). The number of H-pyrrole nitrogens is 1. The third kappa shape index (κ3) is 4.80. The van der Waals surface area contributed by atoms with Crippen molar-refractivity contribution in [2.45, 2.75) is 38.4 Å². The highest BCUT2D eigenvalue weighted by atomic mass is 35.5. The Bertz CT molecular complexity index is 1380. The van der Waals surface area contributed by atoms with Gasteiger partial charge in [-0.05, 0) is 65.2 Å². The number of aromatic nitrogens is 4. The average molecular weight is 506 g/mol. The van der Waals surface area contributed by atoms with Crippen LogP contribution in [0.3, 0.4) is 0 Å². The number of tetrazole rings is 1. The Labute approximate surface area is 215 Å². The largest absolute Gasteiger partial charge is 0.343 e. The number of hydrogen-bond donors (Lipinski definition) is 3. The summed E-state index contributed by atoms with van der Waals surface area (Å²) in [4.78, 5) is 28.2. The Morgan fingerprint density at radius 1 is 1.11 bits per heavy atom. The van der Waals surface area contributed by atoms with Gasteiger partial charge in [0.25, 0.3) is 0 Å². The smallest absolute Gasteiger partial charge is 0.249 e. The second-order valence-corrected chi connectivity index (χ2v) is 8.73. The molecule has 0 saturated heterocycles. The van der Waals surface area contributed by atoms with Gasteiger partial charge in [-0.3, -0.25) is 9.59 Å². The van der Waals surface area contributed by atoms with Crippen LogP contribution in [0.2, 0.25) is 0 Å². The van der Waals surface area contributed by atoms with E-state index < -0.39 is 6.04 Å². The van der Waals surface area contributed by atoms with Gasteiger partial charge in [0.05, 0.1) is 12.6 Å². The molecular formula is C26H28ClN7O2. The van der Waals surface area contributed by atoms with Gasteiger partial charge in [0, 0.05) is 11.3 Å². The fraction of sp³-hybridized carbons (Fsp3) is 0.269. The van der Waals surface area contributed by atoms with Gasteiger partial charge in [-0.15, -0.1) is 17.5 Å². The van der Waals surface area contributed by atoms with E-state index in [-0.39, 0.29) is 30.3 Å². The molecule has 0 spiro atoms. The van der Waals surface area contributed by atoms with Crippen LogP contribution in [0.5, 0.6) is 0 Å². The van der Waals surface area contributed by atoms with Crippen molar-refractivity contribution in [2.75, 3.05) is 11.9 Å². The van der Waals surface area contributed by atoms with Crippen LogP contribution < -0.4 is 15.5 Å². The minimum Gasteiger partial charge on any atom is -0.343 e. The van der Waals surface area contributed by atoms with Gasteiger partial charge in [0.1, 0.15) is 6.04 Å². The fourth-order valence-electron chi connectivity index (χ4n) is 4.60. The molecule has 186 valence electrons. The standard InChI is InChI=1S/C26H27N7O2.ClH/c1-16(27-2)25(34)28-22-14-13-17-7-3-4-12-23(17)33(26(22)35)15-18-8-5-10-20-19(18)9-6-11-21(20)24-29-31-32-30-24;/h3-12,16,22,27H,13-15H2,1-2H3,(H,28,34)(H,29,30,31,32);1H/t16-,22?;/m0./s1. The third-order valence-corrected chi connectivity index (χ3v) is 6.63. The molecule has 0 aliphatic carbocycles. The van der Waals surface area contributed by atoms with Crippen molar-refractivity contribution in [2.24, 2.45) is 0 Å². The van der Waals surface area contributed by atoms with E-state index in [1.165, 1.54) is 0 Å². The van der Waals surface area contributed by atoms with E-state index in [0.717, 1.165) is 33.2 Å². The lowest BCUT2D eigenvalue weighted by Crippen LogP contribution is -2.52. The molecule has 1 unspecified atom stereocenters. The first-order valence-corrected chi connectivity index (χ1v) is 11.7. The summed E-state index contributed by atoms with van der Waals surface area (Å²) < 4.78 is 0. The van der Waals surface area contributed by atoms with Crippen LogP contribution in [0.1, 0.15) is 24.5 Å². The van der Waals surface area contributed by atoms with Crippen molar-refractivity contribution in [1.82, 2.24) is 31.3 Å². The molecule has 36 heavy (non-hydrogen) atoms. The summed E-state index contributed by atoms with van der Waals surface area (Å²) in [5, 5.41) is 22.2. The van der Waals surface area contributed by atoms with Gasteiger partial charge in [-0.25, -0.2) is 5.10 Å². The molecule has 3 aromatic carbocycles. The van der Waals surface area contributed by atoms with Gasteiger partial charge in [0.15, 0.2) is 5.82 Å². The van der Waals surface area contributed by atoms with Crippen molar-refractivity contribution in [3.05, 3.63) is 71.8 Å². The van der Waals surface area contributed by atoms with Gasteiger partial charge in [0.2, 0.25) is 11.8 Å².